The molecule has 0 saturated carbocycles. The first-order chi connectivity index (χ1) is 13.2. The first-order valence-corrected chi connectivity index (χ1v) is 8.53. The number of anilines is 1. The maximum Gasteiger partial charge on any atom is 0.228 e. The van der Waals surface area contributed by atoms with Crippen LogP contribution in [0, 0.1) is 5.82 Å². The number of fused-ring (bicyclic) bond motifs is 1. The van der Waals surface area contributed by atoms with Gasteiger partial charge >= 0.3 is 0 Å². The molecule has 0 aliphatic heterocycles. The highest BCUT2D eigenvalue weighted by molar-refractivity contribution is 5.93. The molecule has 4 aromatic rings. The van der Waals surface area contributed by atoms with Gasteiger partial charge in [0.25, 0.3) is 0 Å². The van der Waals surface area contributed by atoms with Crippen LogP contribution in [0.2, 0.25) is 0 Å². The van der Waals surface area contributed by atoms with Gasteiger partial charge in [0.15, 0.2) is 5.65 Å². The van der Waals surface area contributed by atoms with Crippen LogP contribution in [-0.2, 0) is 11.2 Å². The van der Waals surface area contributed by atoms with Gasteiger partial charge in [-0.05, 0) is 59.2 Å². The lowest BCUT2D eigenvalue weighted by Gasteiger charge is -2.08. The third kappa shape index (κ3) is 3.82. The van der Waals surface area contributed by atoms with Gasteiger partial charge in [0.2, 0.25) is 5.91 Å². The third-order valence-corrected chi connectivity index (χ3v) is 4.27. The monoisotopic (exact) mass is 357 g/mol. The van der Waals surface area contributed by atoms with Crippen molar-refractivity contribution in [1.29, 1.82) is 0 Å². The van der Waals surface area contributed by atoms with E-state index in [-0.39, 0.29) is 18.1 Å². The van der Waals surface area contributed by atoms with E-state index in [4.69, 9.17) is 0 Å². The largest absolute Gasteiger partial charge is 0.326 e. The molecule has 0 aliphatic carbocycles. The van der Waals surface area contributed by atoms with E-state index < -0.39 is 0 Å². The Balaban J connectivity index is 1.50. The molecule has 0 bridgehead atoms. The average Bonchev–Trinajstić information content (AvgIpc) is 2.70. The quantitative estimate of drug-likeness (QED) is 0.580. The zero-order valence-corrected chi connectivity index (χ0v) is 14.4. The molecule has 0 aliphatic rings. The van der Waals surface area contributed by atoms with E-state index in [1.165, 1.54) is 12.1 Å². The van der Waals surface area contributed by atoms with E-state index in [0.29, 0.717) is 11.3 Å². The molecular weight excluding hydrogens is 341 g/mol. The number of carbonyl (C=O) groups excluding carboxylic acids is 1. The lowest BCUT2D eigenvalue weighted by atomic mass is 10.0. The van der Waals surface area contributed by atoms with Gasteiger partial charge in [-0.25, -0.2) is 14.4 Å². The van der Waals surface area contributed by atoms with Gasteiger partial charge in [0, 0.05) is 23.5 Å². The van der Waals surface area contributed by atoms with Crippen LogP contribution in [0.5, 0.6) is 0 Å². The first kappa shape index (κ1) is 16.8. The molecule has 2 aromatic heterocycles. The predicted octanol–water partition coefficient (Wildman–Crippen LogP) is 4.62. The number of halogens is 1. The van der Waals surface area contributed by atoms with Crippen LogP contribution >= 0.6 is 0 Å². The van der Waals surface area contributed by atoms with E-state index in [2.05, 4.69) is 15.3 Å². The molecule has 4 rings (SSSR count). The second-order valence-electron chi connectivity index (χ2n) is 6.16. The van der Waals surface area contributed by atoms with Crippen LogP contribution < -0.4 is 5.32 Å². The molecule has 132 valence electrons. The van der Waals surface area contributed by atoms with Crippen LogP contribution in [0.25, 0.3) is 22.2 Å². The Morgan fingerprint density at radius 1 is 0.889 bits per heavy atom. The lowest BCUT2D eigenvalue weighted by molar-refractivity contribution is -0.115. The van der Waals surface area contributed by atoms with Crippen LogP contribution in [0.1, 0.15) is 5.56 Å². The van der Waals surface area contributed by atoms with Crippen LogP contribution in [0.4, 0.5) is 10.1 Å². The number of nitrogens with zero attached hydrogens (tertiary/aromatic N) is 2. The van der Waals surface area contributed by atoms with Crippen molar-refractivity contribution in [2.24, 2.45) is 0 Å². The first-order valence-electron chi connectivity index (χ1n) is 8.53. The van der Waals surface area contributed by atoms with Crippen molar-refractivity contribution in [1.82, 2.24) is 9.97 Å². The summed E-state index contributed by atoms with van der Waals surface area (Å²) >= 11 is 0. The normalized spacial score (nSPS) is 10.7. The summed E-state index contributed by atoms with van der Waals surface area (Å²) in [7, 11) is 0. The van der Waals surface area contributed by atoms with Gasteiger partial charge < -0.3 is 5.32 Å². The zero-order valence-electron chi connectivity index (χ0n) is 14.4. The van der Waals surface area contributed by atoms with Crippen LogP contribution in [0.15, 0.2) is 79.1 Å². The molecule has 0 unspecified atom stereocenters. The van der Waals surface area contributed by atoms with Gasteiger partial charge in [-0.3, -0.25) is 4.79 Å². The topological polar surface area (TPSA) is 54.9 Å². The SMILES string of the molecule is O=C(Cc1ccc(-c2ccnc3ncccc23)cc1)Nc1ccc(F)cc1. The van der Waals surface area contributed by atoms with E-state index in [9.17, 15) is 9.18 Å². The highest BCUT2D eigenvalue weighted by Gasteiger charge is 2.07. The van der Waals surface area contributed by atoms with Crippen LogP contribution in [-0.4, -0.2) is 15.9 Å². The summed E-state index contributed by atoms with van der Waals surface area (Å²) in [4.78, 5) is 20.7. The Kier molecular flexibility index (Phi) is 4.58. The lowest BCUT2D eigenvalue weighted by Crippen LogP contribution is -2.14. The summed E-state index contributed by atoms with van der Waals surface area (Å²) in [6, 6.07) is 19.4. The maximum atomic E-state index is 12.9. The summed E-state index contributed by atoms with van der Waals surface area (Å²) in [6.07, 6.45) is 3.72. The molecule has 1 amide bonds. The average molecular weight is 357 g/mol. The van der Waals surface area contributed by atoms with Gasteiger partial charge in [-0.15, -0.1) is 0 Å². The highest BCUT2D eigenvalue weighted by Crippen LogP contribution is 2.26. The van der Waals surface area contributed by atoms with E-state index in [1.807, 2.05) is 42.5 Å². The number of aromatic nitrogens is 2. The fourth-order valence-corrected chi connectivity index (χ4v) is 2.96. The number of benzene rings is 2. The molecular formula is C22H16FN3O. The Bertz CT molecular complexity index is 1090. The van der Waals surface area contributed by atoms with Gasteiger partial charge in [0.05, 0.1) is 6.42 Å². The second kappa shape index (κ2) is 7.33. The molecule has 4 nitrogen and oxygen atoms in total. The number of nitrogens with one attached hydrogen (secondary N) is 1. The fraction of sp³-hybridized carbons (Fsp3) is 0.0455. The smallest absolute Gasteiger partial charge is 0.228 e. The number of hydrogen-bond donors (Lipinski definition) is 1. The molecule has 2 aromatic carbocycles. The van der Waals surface area contributed by atoms with Crippen molar-refractivity contribution in [2.75, 3.05) is 5.32 Å². The minimum Gasteiger partial charge on any atom is -0.326 e. The summed E-state index contributed by atoms with van der Waals surface area (Å²) < 4.78 is 12.9. The number of hydrogen-bond acceptors (Lipinski definition) is 3. The number of amides is 1. The molecule has 2 heterocycles. The van der Waals surface area contributed by atoms with Crippen molar-refractivity contribution in [3.8, 4) is 11.1 Å². The maximum absolute atomic E-state index is 12.9. The molecule has 1 N–H and O–H groups in total. The standard InChI is InChI=1S/C22H16FN3O/c23-17-7-9-18(10-8-17)26-21(27)14-15-3-5-16(6-4-15)19-11-13-25-22-20(19)2-1-12-24-22/h1-13H,14H2,(H,26,27). The fourth-order valence-electron chi connectivity index (χ4n) is 2.96. The Morgan fingerprint density at radius 3 is 2.41 bits per heavy atom. The molecule has 5 heteroatoms. The van der Waals surface area contributed by atoms with Crippen LogP contribution in [0.3, 0.4) is 0 Å². The minimum absolute atomic E-state index is 0.145. The van der Waals surface area contributed by atoms with Crippen molar-refractivity contribution in [2.45, 2.75) is 6.42 Å². The Morgan fingerprint density at radius 2 is 1.63 bits per heavy atom. The summed E-state index contributed by atoms with van der Waals surface area (Å²) in [5.41, 5.74) is 4.27. The molecule has 0 atom stereocenters. The molecule has 0 radical (unpaired) electrons. The third-order valence-electron chi connectivity index (χ3n) is 4.27. The van der Waals surface area contributed by atoms with Gasteiger partial charge in [0.1, 0.15) is 5.82 Å². The number of rotatable bonds is 4. The molecule has 0 spiro atoms. The number of carbonyl (C=O) groups is 1. The van der Waals surface area contributed by atoms with E-state index >= 15 is 0 Å². The molecule has 27 heavy (non-hydrogen) atoms. The van der Waals surface area contributed by atoms with E-state index in [1.54, 1.807) is 24.5 Å². The molecule has 0 saturated heterocycles. The predicted molar refractivity (Wildman–Crippen MR) is 104 cm³/mol. The van der Waals surface area contributed by atoms with Crippen molar-refractivity contribution in [3.63, 3.8) is 0 Å². The Hall–Kier alpha value is -3.60. The zero-order chi connectivity index (χ0) is 18.6. The van der Waals surface area contributed by atoms with Crippen molar-refractivity contribution >= 4 is 22.6 Å². The van der Waals surface area contributed by atoms with Gasteiger partial charge in [-0.1, -0.05) is 24.3 Å². The molecule has 0 fully saturated rings. The van der Waals surface area contributed by atoms with Crippen molar-refractivity contribution in [3.05, 3.63) is 90.5 Å². The number of pyridine rings is 2. The summed E-state index contributed by atoms with van der Waals surface area (Å²) in [5.74, 6) is -0.477. The van der Waals surface area contributed by atoms with Gasteiger partial charge in [-0.2, -0.15) is 0 Å². The highest BCUT2D eigenvalue weighted by atomic mass is 19.1. The van der Waals surface area contributed by atoms with Crippen molar-refractivity contribution < 1.29 is 9.18 Å². The minimum atomic E-state index is -0.331. The summed E-state index contributed by atoms with van der Waals surface area (Å²) in [6.45, 7) is 0. The second-order valence-corrected chi connectivity index (χ2v) is 6.16. The van der Waals surface area contributed by atoms with E-state index in [0.717, 1.165) is 22.1 Å². The Labute approximate surface area is 155 Å². The summed E-state index contributed by atoms with van der Waals surface area (Å²) in [5, 5.41) is 3.75.